The van der Waals surface area contributed by atoms with Crippen LogP contribution in [0.3, 0.4) is 0 Å². The van der Waals surface area contributed by atoms with Crippen molar-refractivity contribution in [1.29, 1.82) is 0 Å². The fourth-order valence-corrected chi connectivity index (χ4v) is 1.18. The van der Waals surface area contributed by atoms with Crippen LogP contribution >= 0.6 is 0 Å². The fraction of sp³-hybridized carbons (Fsp3) is 0.111. The van der Waals surface area contributed by atoms with Crippen LogP contribution in [0.25, 0.3) is 5.70 Å². The number of rotatable bonds is 1. The summed E-state index contributed by atoms with van der Waals surface area (Å²) >= 11 is 0. The van der Waals surface area contributed by atoms with Crippen molar-refractivity contribution in [2.45, 2.75) is 0 Å². The minimum Gasteiger partial charge on any atom is -0.868 e. The molecule has 0 fully saturated rings. The zero-order valence-corrected chi connectivity index (χ0v) is 6.77. The molecule has 0 spiro atoms. The molecule has 0 N–H and O–H groups in total. The van der Waals surface area contributed by atoms with Crippen LogP contribution < -0.4 is 9.67 Å². The van der Waals surface area contributed by atoms with Gasteiger partial charge in [0.25, 0.3) is 5.70 Å². The van der Waals surface area contributed by atoms with E-state index < -0.39 is 5.97 Å². The SMILES string of the molecule is O=C1OCC([O-])=C1[n+]1ccccc1. The second-order valence-electron chi connectivity index (χ2n) is 2.63. The molecule has 1 aromatic rings. The number of ether oxygens (including phenoxy) is 1. The molecular weight excluding hydrogens is 170 g/mol. The summed E-state index contributed by atoms with van der Waals surface area (Å²) in [6.07, 6.45) is 3.28. The summed E-state index contributed by atoms with van der Waals surface area (Å²) < 4.78 is 6.06. The minimum atomic E-state index is -0.554. The van der Waals surface area contributed by atoms with Crippen LogP contribution in [0.5, 0.6) is 0 Å². The second kappa shape index (κ2) is 2.90. The van der Waals surface area contributed by atoms with Crippen molar-refractivity contribution in [2.24, 2.45) is 0 Å². The Morgan fingerprint density at radius 3 is 2.54 bits per heavy atom. The summed E-state index contributed by atoms with van der Waals surface area (Å²) in [5.74, 6) is -0.831. The number of hydrogen-bond acceptors (Lipinski definition) is 3. The number of nitrogens with zero attached hydrogens (tertiary/aromatic N) is 1. The van der Waals surface area contributed by atoms with E-state index in [0.717, 1.165) is 0 Å². The van der Waals surface area contributed by atoms with E-state index in [0.29, 0.717) is 0 Å². The summed E-state index contributed by atoms with van der Waals surface area (Å²) in [5.41, 5.74) is 0.0839. The molecule has 1 aliphatic heterocycles. The van der Waals surface area contributed by atoms with Crippen molar-refractivity contribution in [1.82, 2.24) is 0 Å². The normalized spacial score (nSPS) is 16.2. The predicted molar refractivity (Wildman–Crippen MR) is 40.8 cm³/mol. The average molecular weight is 177 g/mol. The molecule has 4 heteroatoms. The van der Waals surface area contributed by atoms with Gasteiger partial charge in [-0.2, -0.15) is 4.57 Å². The van der Waals surface area contributed by atoms with Gasteiger partial charge in [-0.25, -0.2) is 4.79 Å². The number of aromatic nitrogens is 1. The zero-order chi connectivity index (χ0) is 9.26. The Kier molecular flexibility index (Phi) is 1.73. The maximum absolute atomic E-state index is 11.2. The predicted octanol–water partition coefficient (Wildman–Crippen LogP) is -0.940. The highest BCUT2D eigenvalue weighted by atomic mass is 16.5. The van der Waals surface area contributed by atoms with Crippen LogP contribution in [0, 0.1) is 0 Å². The molecule has 13 heavy (non-hydrogen) atoms. The monoisotopic (exact) mass is 177 g/mol. The van der Waals surface area contributed by atoms with Crippen molar-refractivity contribution < 1.29 is 19.2 Å². The largest absolute Gasteiger partial charge is 0.868 e. The fourth-order valence-electron chi connectivity index (χ4n) is 1.18. The van der Waals surface area contributed by atoms with Crippen molar-refractivity contribution in [3.8, 4) is 0 Å². The average Bonchev–Trinajstić information content (AvgIpc) is 2.48. The molecule has 1 aliphatic rings. The molecule has 2 heterocycles. The third-order valence-electron chi connectivity index (χ3n) is 1.77. The van der Waals surface area contributed by atoms with Gasteiger partial charge < -0.3 is 9.84 Å². The second-order valence-corrected chi connectivity index (χ2v) is 2.63. The van der Waals surface area contributed by atoms with Gasteiger partial charge in [-0.1, -0.05) is 6.07 Å². The van der Waals surface area contributed by atoms with E-state index in [4.69, 9.17) is 0 Å². The molecule has 1 aromatic heterocycles. The maximum Gasteiger partial charge on any atom is 0.403 e. The van der Waals surface area contributed by atoms with E-state index in [-0.39, 0.29) is 18.1 Å². The molecule has 0 amide bonds. The van der Waals surface area contributed by atoms with E-state index >= 15 is 0 Å². The molecular formula is C9H7NO3. The zero-order valence-electron chi connectivity index (χ0n) is 6.77. The number of hydrogen-bond donors (Lipinski definition) is 0. The van der Waals surface area contributed by atoms with Crippen LogP contribution in [-0.2, 0) is 9.53 Å². The maximum atomic E-state index is 11.2. The third-order valence-corrected chi connectivity index (χ3v) is 1.77. The lowest BCUT2D eigenvalue weighted by atomic mass is 10.3. The lowest BCUT2D eigenvalue weighted by Gasteiger charge is -1.99. The van der Waals surface area contributed by atoms with Crippen LogP contribution in [0.4, 0.5) is 0 Å². The van der Waals surface area contributed by atoms with Gasteiger partial charge in [0.05, 0.1) is 0 Å². The van der Waals surface area contributed by atoms with Gasteiger partial charge >= 0.3 is 5.97 Å². The van der Waals surface area contributed by atoms with Gasteiger partial charge in [0.1, 0.15) is 6.61 Å². The molecule has 0 saturated heterocycles. The first-order valence-corrected chi connectivity index (χ1v) is 3.83. The van der Waals surface area contributed by atoms with Crippen molar-refractivity contribution in [3.63, 3.8) is 0 Å². The number of carbonyl (C=O) groups is 1. The highest BCUT2D eigenvalue weighted by Gasteiger charge is 2.28. The van der Waals surface area contributed by atoms with E-state index in [1.165, 1.54) is 4.57 Å². The number of cyclic esters (lactones) is 1. The molecule has 66 valence electrons. The quantitative estimate of drug-likeness (QED) is 0.411. The van der Waals surface area contributed by atoms with E-state index in [1.807, 2.05) is 6.07 Å². The lowest BCUT2D eigenvalue weighted by molar-refractivity contribution is -0.582. The molecule has 0 unspecified atom stereocenters. The molecule has 0 saturated carbocycles. The van der Waals surface area contributed by atoms with Crippen LogP contribution in [0.2, 0.25) is 0 Å². The van der Waals surface area contributed by atoms with Crippen molar-refractivity contribution in [3.05, 3.63) is 36.4 Å². The van der Waals surface area contributed by atoms with Gasteiger partial charge in [0.15, 0.2) is 12.4 Å². The van der Waals surface area contributed by atoms with Crippen molar-refractivity contribution in [2.75, 3.05) is 6.61 Å². The number of carbonyl (C=O) groups excluding carboxylic acids is 1. The van der Waals surface area contributed by atoms with Gasteiger partial charge in [0, 0.05) is 12.1 Å². The first-order chi connectivity index (χ1) is 6.29. The highest BCUT2D eigenvalue weighted by Crippen LogP contribution is 2.09. The molecule has 0 bridgehead atoms. The molecule has 0 aliphatic carbocycles. The topological polar surface area (TPSA) is 53.2 Å². The number of pyridine rings is 1. The summed E-state index contributed by atoms with van der Waals surface area (Å²) in [6.45, 7) is -0.143. The highest BCUT2D eigenvalue weighted by molar-refractivity contribution is 6.08. The smallest absolute Gasteiger partial charge is 0.403 e. The molecule has 4 nitrogen and oxygen atoms in total. The standard InChI is InChI=1S/C9H7NO3/c11-7-6-13-9(12)8(7)10-4-2-1-3-5-10/h1-5H,6H2. The molecule has 2 rings (SSSR count). The minimum absolute atomic E-state index is 0.0839. The lowest BCUT2D eigenvalue weighted by Crippen LogP contribution is -2.36. The first-order valence-electron chi connectivity index (χ1n) is 3.83. The van der Waals surface area contributed by atoms with E-state index in [9.17, 15) is 9.90 Å². The Balaban J connectivity index is 2.47. The van der Waals surface area contributed by atoms with Crippen molar-refractivity contribution >= 4 is 11.7 Å². The summed E-state index contributed by atoms with van der Waals surface area (Å²) in [6, 6.07) is 5.29. The van der Waals surface area contributed by atoms with Gasteiger partial charge in [-0.05, 0) is 5.76 Å². The Labute approximate surface area is 74.7 Å². The molecule has 0 atom stereocenters. The summed E-state index contributed by atoms with van der Waals surface area (Å²) in [4.78, 5) is 11.1. The summed E-state index contributed by atoms with van der Waals surface area (Å²) in [7, 11) is 0. The van der Waals surface area contributed by atoms with Crippen LogP contribution in [0.15, 0.2) is 36.4 Å². The Hall–Kier alpha value is -1.84. The van der Waals surface area contributed by atoms with E-state index in [1.54, 1.807) is 24.5 Å². The van der Waals surface area contributed by atoms with E-state index in [2.05, 4.69) is 4.74 Å². The Morgan fingerprint density at radius 1 is 1.31 bits per heavy atom. The Morgan fingerprint density at radius 2 is 2.00 bits per heavy atom. The summed E-state index contributed by atoms with van der Waals surface area (Å²) in [5, 5.41) is 11.2. The van der Waals surface area contributed by atoms with Crippen LogP contribution in [-0.4, -0.2) is 12.6 Å². The third kappa shape index (κ3) is 1.26. The Bertz CT molecular complexity index is 370. The van der Waals surface area contributed by atoms with Gasteiger partial charge in [0.2, 0.25) is 0 Å². The molecule has 0 radical (unpaired) electrons. The van der Waals surface area contributed by atoms with Gasteiger partial charge in [-0.3, -0.25) is 0 Å². The first kappa shape index (κ1) is 7.79. The number of esters is 1. The van der Waals surface area contributed by atoms with Crippen LogP contribution in [0.1, 0.15) is 0 Å². The molecule has 0 aromatic carbocycles. The van der Waals surface area contributed by atoms with Gasteiger partial charge in [-0.15, -0.1) is 0 Å².